The highest BCUT2D eigenvalue weighted by Crippen LogP contribution is 2.22. The molecule has 0 fully saturated rings. The lowest BCUT2D eigenvalue weighted by molar-refractivity contribution is 0.0950. The second-order valence-corrected chi connectivity index (χ2v) is 8.08. The number of nitrogens with one attached hydrogen (secondary N) is 2. The number of para-hydroxylation sites is 1. The number of methoxy groups -OCH3 is 2. The summed E-state index contributed by atoms with van der Waals surface area (Å²) in [6.07, 6.45) is 0. The third-order valence-electron chi connectivity index (χ3n) is 4.32. The summed E-state index contributed by atoms with van der Waals surface area (Å²) in [7, 11) is -0.626. The molecule has 2 N–H and O–H groups in total. The molecule has 0 aliphatic rings. The van der Waals surface area contributed by atoms with Gasteiger partial charge in [-0.2, -0.15) is 0 Å². The molecule has 0 unspecified atom stereocenters. The molecule has 0 aromatic heterocycles. The van der Waals surface area contributed by atoms with Gasteiger partial charge >= 0.3 is 0 Å². The molecule has 3 rings (SSSR count). The highest BCUT2D eigenvalue weighted by atomic mass is 32.2. The molecule has 0 saturated carbocycles. The van der Waals surface area contributed by atoms with Crippen LogP contribution in [0.15, 0.2) is 77.7 Å². The molecule has 7 nitrogen and oxygen atoms in total. The Morgan fingerprint density at radius 2 is 1.47 bits per heavy atom. The first-order valence-corrected chi connectivity index (χ1v) is 10.6. The highest BCUT2D eigenvalue weighted by molar-refractivity contribution is 7.92. The van der Waals surface area contributed by atoms with E-state index in [1.165, 1.54) is 24.3 Å². The Balaban J connectivity index is 1.67. The average Bonchev–Trinajstić information content (AvgIpc) is 2.77. The van der Waals surface area contributed by atoms with Crippen molar-refractivity contribution in [2.45, 2.75) is 11.4 Å². The van der Waals surface area contributed by atoms with E-state index in [0.29, 0.717) is 22.7 Å². The minimum Gasteiger partial charge on any atom is -0.497 e. The van der Waals surface area contributed by atoms with Gasteiger partial charge in [-0.25, -0.2) is 8.42 Å². The predicted molar refractivity (Wildman–Crippen MR) is 114 cm³/mol. The first-order valence-electron chi connectivity index (χ1n) is 9.09. The molecule has 3 aromatic carbocycles. The summed E-state index contributed by atoms with van der Waals surface area (Å²) >= 11 is 0. The van der Waals surface area contributed by atoms with Crippen molar-refractivity contribution in [2.24, 2.45) is 0 Å². The van der Waals surface area contributed by atoms with E-state index in [4.69, 9.17) is 9.47 Å². The lowest BCUT2D eigenvalue weighted by atomic mass is 10.1. The Labute approximate surface area is 175 Å². The molecular weight excluding hydrogens is 404 g/mol. The van der Waals surface area contributed by atoms with Gasteiger partial charge in [0.1, 0.15) is 11.5 Å². The molecule has 0 radical (unpaired) electrons. The molecular formula is C22H22N2O5S. The summed E-state index contributed by atoms with van der Waals surface area (Å²) in [5, 5.41) is 2.80. The van der Waals surface area contributed by atoms with Crippen LogP contribution < -0.4 is 19.5 Å². The van der Waals surface area contributed by atoms with Gasteiger partial charge in [-0.3, -0.25) is 9.52 Å². The van der Waals surface area contributed by atoms with Gasteiger partial charge in [0.25, 0.3) is 15.9 Å². The van der Waals surface area contributed by atoms with Crippen molar-refractivity contribution < 1.29 is 22.7 Å². The Morgan fingerprint density at radius 3 is 2.03 bits per heavy atom. The SMILES string of the molecule is COc1cc(CNC(=O)c2ccc(S(=O)(=O)Nc3ccccc3)cc2)cc(OC)c1. The first-order chi connectivity index (χ1) is 14.4. The first kappa shape index (κ1) is 21.2. The van der Waals surface area contributed by atoms with E-state index >= 15 is 0 Å². The molecule has 0 heterocycles. The minimum atomic E-state index is -3.74. The van der Waals surface area contributed by atoms with Crippen molar-refractivity contribution in [3.63, 3.8) is 0 Å². The van der Waals surface area contributed by atoms with E-state index in [1.54, 1.807) is 62.8 Å². The zero-order valence-corrected chi connectivity index (χ0v) is 17.4. The van der Waals surface area contributed by atoms with Gasteiger partial charge in [0, 0.05) is 23.9 Å². The number of anilines is 1. The lowest BCUT2D eigenvalue weighted by Gasteiger charge is -2.10. The third-order valence-corrected chi connectivity index (χ3v) is 5.71. The monoisotopic (exact) mass is 426 g/mol. The maximum Gasteiger partial charge on any atom is 0.261 e. The number of amides is 1. The quantitative estimate of drug-likeness (QED) is 0.576. The van der Waals surface area contributed by atoms with Crippen LogP contribution in [0.4, 0.5) is 5.69 Å². The van der Waals surface area contributed by atoms with Gasteiger partial charge in [0.2, 0.25) is 0 Å². The summed E-state index contributed by atoms with van der Waals surface area (Å²) in [6.45, 7) is 0.266. The van der Waals surface area contributed by atoms with Crippen LogP contribution in [0.3, 0.4) is 0 Å². The van der Waals surface area contributed by atoms with Crippen LogP contribution in [0.25, 0.3) is 0 Å². The largest absolute Gasteiger partial charge is 0.497 e. The maximum atomic E-state index is 12.5. The van der Waals surface area contributed by atoms with Gasteiger partial charge in [0.15, 0.2) is 0 Å². The zero-order valence-electron chi connectivity index (χ0n) is 16.6. The number of sulfonamides is 1. The van der Waals surface area contributed by atoms with E-state index in [1.807, 2.05) is 0 Å². The van der Waals surface area contributed by atoms with Crippen LogP contribution in [0.1, 0.15) is 15.9 Å². The lowest BCUT2D eigenvalue weighted by Crippen LogP contribution is -2.23. The van der Waals surface area contributed by atoms with Crippen LogP contribution in [0.2, 0.25) is 0 Å². The highest BCUT2D eigenvalue weighted by Gasteiger charge is 2.15. The summed E-state index contributed by atoms with van der Waals surface area (Å²) in [4.78, 5) is 12.5. The fourth-order valence-electron chi connectivity index (χ4n) is 2.76. The topological polar surface area (TPSA) is 93.7 Å². The van der Waals surface area contributed by atoms with Gasteiger partial charge in [-0.1, -0.05) is 18.2 Å². The summed E-state index contributed by atoms with van der Waals surface area (Å²) in [5.74, 6) is 0.926. The van der Waals surface area contributed by atoms with Gasteiger partial charge in [-0.05, 0) is 54.1 Å². The van der Waals surface area contributed by atoms with Crippen LogP contribution in [0, 0.1) is 0 Å². The molecule has 0 spiro atoms. The molecule has 0 aliphatic carbocycles. The van der Waals surface area contributed by atoms with Crippen molar-refractivity contribution in [2.75, 3.05) is 18.9 Å². The normalized spacial score (nSPS) is 10.9. The van der Waals surface area contributed by atoms with Crippen molar-refractivity contribution in [3.05, 3.63) is 83.9 Å². The van der Waals surface area contributed by atoms with E-state index in [2.05, 4.69) is 10.0 Å². The van der Waals surface area contributed by atoms with Crippen molar-refractivity contribution in [3.8, 4) is 11.5 Å². The summed E-state index contributed by atoms with van der Waals surface area (Å²) in [5.41, 5.74) is 1.63. The standard InChI is InChI=1S/C22H22N2O5S/c1-28-19-12-16(13-20(14-19)29-2)15-23-22(25)17-8-10-21(11-9-17)30(26,27)24-18-6-4-3-5-7-18/h3-14,24H,15H2,1-2H3,(H,23,25). The number of hydrogen-bond donors (Lipinski definition) is 2. The molecule has 0 bridgehead atoms. The van der Waals surface area contributed by atoms with Crippen molar-refractivity contribution >= 4 is 21.6 Å². The van der Waals surface area contributed by atoms with E-state index in [9.17, 15) is 13.2 Å². The van der Waals surface area contributed by atoms with Gasteiger partial charge in [-0.15, -0.1) is 0 Å². The molecule has 30 heavy (non-hydrogen) atoms. The average molecular weight is 426 g/mol. The molecule has 0 saturated heterocycles. The molecule has 0 atom stereocenters. The van der Waals surface area contributed by atoms with E-state index in [0.717, 1.165) is 5.56 Å². The van der Waals surface area contributed by atoms with Crippen molar-refractivity contribution in [1.82, 2.24) is 5.32 Å². The second kappa shape index (κ2) is 9.32. The molecule has 8 heteroatoms. The predicted octanol–water partition coefficient (Wildman–Crippen LogP) is 3.43. The number of ether oxygens (including phenoxy) is 2. The van der Waals surface area contributed by atoms with Crippen LogP contribution in [-0.4, -0.2) is 28.5 Å². The number of benzene rings is 3. The number of hydrogen-bond acceptors (Lipinski definition) is 5. The summed E-state index contributed by atoms with van der Waals surface area (Å²) in [6, 6.07) is 19.7. The van der Waals surface area contributed by atoms with Crippen LogP contribution in [-0.2, 0) is 16.6 Å². The molecule has 0 aliphatic heterocycles. The second-order valence-electron chi connectivity index (χ2n) is 6.40. The zero-order chi connectivity index (χ0) is 21.6. The van der Waals surface area contributed by atoms with Crippen molar-refractivity contribution in [1.29, 1.82) is 0 Å². The molecule has 1 amide bonds. The fourth-order valence-corrected chi connectivity index (χ4v) is 3.82. The van der Waals surface area contributed by atoms with Crippen LogP contribution >= 0.6 is 0 Å². The smallest absolute Gasteiger partial charge is 0.261 e. The minimum absolute atomic E-state index is 0.0698. The van der Waals surface area contributed by atoms with Gasteiger partial charge in [0.05, 0.1) is 19.1 Å². The molecule has 3 aromatic rings. The Kier molecular flexibility index (Phi) is 6.58. The third kappa shape index (κ3) is 5.30. The molecule has 156 valence electrons. The Morgan fingerprint density at radius 1 is 0.867 bits per heavy atom. The Hall–Kier alpha value is -3.52. The van der Waals surface area contributed by atoms with E-state index in [-0.39, 0.29) is 17.3 Å². The summed E-state index contributed by atoms with van der Waals surface area (Å²) < 4.78 is 37.9. The number of rotatable bonds is 8. The van der Waals surface area contributed by atoms with Gasteiger partial charge < -0.3 is 14.8 Å². The Bertz CT molecular complexity index is 1090. The fraction of sp³-hybridized carbons (Fsp3) is 0.136. The maximum absolute atomic E-state index is 12.5. The van der Waals surface area contributed by atoms with Crippen LogP contribution in [0.5, 0.6) is 11.5 Å². The number of carbonyl (C=O) groups excluding carboxylic acids is 1. The van der Waals surface area contributed by atoms with E-state index < -0.39 is 10.0 Å². The number of carbonyl (C=O) groups is 1.